The Labute approximate surface area is 165 Å². The summed E-state index contributed by atoms with van der Waals surface area (Å²) in [5.74, 6) is 2.21. The van der Waals surface area contributed by atoms with Crippen molar-refractivity contribution in [1.82, 2.24) is 24.5 Å². The normalized spacial score (nSPS) is 18.5. The number of aromatic nitrogens is 2. The van der Waals surface area contributed by atoms with Gasteiger partial charge in [-0.25, -0.2) is 4.98 Å². The third-order valence-electron chi connectivity index (χ3n) is 4.98. The van der Waals surface area contributed by atoms with Gasteiger partial charge in [-0.3, -0.25) is 9.79 Å². The summed E-state index contributed by atoms with van der Waals surface area (Å²) in [6.45, 7) is 11.3. The van der Waals surface area contributed by atoms with Gasteiger partial charge in [0, 0.05) is 76.7 Å². The van der Waals surface area contributed by atoms with Gasteiger partial charge >= 0.3 is 0 Å². The molecule has 0 unspecified atom stereocenters. The first-order valence-corrected chi connectivity index (χ1v) is 10.9. The van der Waals surface area contributed by atoms with Gasteiger partial charge < -0.3 is 20.0 Å². The van der Waals surface area contributed by atoms with E-state index in [0.717, 1.165) is 88.5 Å². The number of carbonyl (C=O) groups is 1. The zero-order valence-electron chi connectivity index (χ0n) is 16.5. The van der Waals surface area contributed by atoms with Gasteiger partial charge in [0.1, 0.15) is 5.82 Å². The number of aryl methyl sites for hydroxylation is 1. The molecule has 1 aromatic rings. The maximum atomic E-state index is 11.7. The van der Waals surface area contributed by atoms with Gasteiger partial charge in [-0.1, -0.05) is 6.92 Å². The summed E-state index contributed by atoms with van der Waals surface area (Å²) < 4.78 is 4.39. The van der Waals surface area contributed by atoms with Crippen LogP contribution in [0, 0.1) is 0 Å². The highest BCUT2D eigenvalue weighted by molar-refractivity contribution is 7.09. The largest absolute Gasteiger partial charge is 0.357 e. The number of rotatable bonds is 7. The summed E-state index contributed by atoms with van der Waals surface area (Å²) >= 11 is 1.50. The number of amides is 1. The molecule has 0 atom stereocenters. The van der Waals surface area contributed by atoms with E-state index in [2.05, 4.69) is 38.3 Å². The Morgan fingerprint density at radius 3 is 2.67 bits per heavy atom. The number of anilines is 1. The first-order chi connectivity index (χ1) is 13.2. The fraction of sp³-hybridized carbons (Fsp3) is 0.778. The van der Waals surface area contributed by atoms with Crippen LogP contribution in [0.25, 0.3) is 0 Å². The lowest BCUT2D eigenvalue weighted by molar-refractivity contribution is -0.127. The number of hydrogen-bond acceptors (Lipinski definition) is 6. The van der Waals surface area contributed by atoms with Crippen molar-refractivity contribution in [3.05, 3.63) is 5.82 Å². The molecule has 2 saturated heterocycles. The summed E-state index contributed by atoms with van der Waals surface area (Å²) in [4.78, 5) is 27.7. The fourth-order valence-corrected chi connectivity index (χ4v) is 4.24. The van der Waals surface area contributed by atoms with Gasteiger partial charge in [-0.15, -0.1) is 0 Å². The van der Waals surface area contributed by atoms with Crippen LogP contribution in [0.3, 0.4) is 0 Å². The third-order valence-corrected chi connectivity index (χ3v) is 5.79. The van der Waals surface area contributed by atoms with Crippen molar-refractivity contribution in [1.29, 1.82) is 0 Å². The van der Waals surface area contributed by atoms with Gasteiger partial charge in [-0.05, 0) is 19.8 Å². The maximum absolute atomic E-state index is 11.7. The van der Waals surface area contributed by atoms with Crippen molar-refractivity contribution in [3.63, 3.8) is 0 Å². The first kappa shape index (κ1) is 19.9. The monoisotopic (exact) mass is 393 g/mol. The summed E-state index contributed by atoms with van der Waals surface area (Å²) in [6, 6.07) is 0. The van der Waals surface area contributed by atoms with E-state index in [9.17, 15) is 4.79 Å². The Morgan fingerprint density at radius 1 is 1.22 bits per heavy atom. The minimum absolute atomic E-state index is 0.296. The second-order valence-corrected chi connectivity index (χ2v) is 7.62. The number of nitrogens with one attached hydrogen (secondary N) is 1. The van der Waals surface area contributed by atoms with Crippen LogP contribution in [0.2, 0.25) is 0 Å². The van der Waals surface area contributed by atoms with Crippen LogP contribution in [0.1, 0.15) is 38.9 Å². The molecule has 1 amide bonds. The molecule has 0 spiro atoms. The van der Waals surface area contributed by atoms with Crippen molar-refractivity contribution in [2.75, 3.05) is 57.3 Å². The highest BCUT2D eigenvalue weighted by atomic mass is 32.1. The molecule has 27 heavy (non-hydrogen) atoms. The number of nitrogens with zero attached hydrogens (tertiary/aromatic N) is 6. The van der Waals surface area contributed by atoms with Gasteiger partial charge in [0.15, 0.2) is 5.96 Å². The number of guanidine groups is 1. The minimum Gasteiger partial charge on any atom is -0.357 e. The lowest BCUT2D eigenvalue weighted by Crippen LogP contribution is -2.52. The molecule has 0 radical (unpaired) electrons. The van der Waals surface area contributed by atoms with Crippen LogP contribution < -0.4 is 10.2 Å². The van der Waals surface area contributed by atoms with Crippen molar-refractivity contribution in [2.24, 2.45) is 4.99 Å². The van der Waals surface area contributed by atoms with E-state index in [0.29, 0.717) is 12.3 Å². The molecule has 3 heterocycles. The molecule has 9 heteroatoms. The number of piperazine rings is 1. The first-order valence-electron chi connectivity index (χ1n) is 10.1. The quantitative estimate of drug-likeness (QED) is 0.426. The van der Waals surface area contributed by atoms with E-state index >= 15 is 0 Å². The van der Waals surface area contributed by atoms with Gasteiger partial charge in [0.05, 0.1) is 0 Å². The zero-order valence-corrected chi connectivity index (χ0v) is 17.3. The predicted octanol–water partition coefficient (Wildman–Crippen LogP) is 1.20. The maximum Gasteiger partial charge on any atom is 0.222 e. The minimum atomic E-state index is 0.296. The van der Waals surface area contributed by atoms with E-state index in [1.54, 1.807) is 0 Å². The van der Waals surface area contributed by atoms with Gasteiger partial charge in [0.25, 0.3) is 0 Å². The predicted molar refractivity (Wildman–Crippen MR) is 109 cm³/mol. The molecule has 2 aliphatic rings. The Bertz CT molecular complexity index is 639. The zero-order chi connectivity index (χ0) is 19.1. The number of carbonyl (C=O) groups excluding carboxylic acids is 1. The second kappa shape index (κ2) is 9.87. The third kappa shape index (κ3) is 5.31. The standard InChI is InChI=1S/C18H31N7OS/c1-3-15-21-18(27-22-15)25-13-11-24(12-14-25)17(19-4-2)20-8-6-10-23-9-5-7-16(23)26/h3-14H2,1-2H3,(H,19,20). The van der Waals surface area contributed by atoms with Gasteiger partial charge in [0.2, 0.25) is 11.0 Å². The molecular weight excluding hydrogens is 362 g/mol. The summed E-state index contributed by atoms with van der Waals surface area (Å²) in [7, 11) is 0. The van der Waals surface area contributed by atoms with Crippen LogP contribution >= 0.6 is 11.5 Å². The molecular formula is C18H31N7OS. The van der Waals surface area contributed by atoms with Crippen LogP contribution in [0.5, 0.6) is 0 Å². The van der Waals surface area contributed by atoms with Gasteiger partial charge in [-0.2, -0.15) is 4.37 Å². The van der Waals surface area contributed by atoms with E-state index in [1.165, 1.54) is 11.5 Å². The molecule has 0 saturated carbocycles. The summed E-state index contributed by atoms with van der Waals surface area (Å²) in [5.41, 5.74) is 0. The Balaban J connectivity index is 1.47. The Morgan fingerprint density at radius 2 is 2.04 bits per heavy atom. The lowest BCUT2D eigenvalue weighted by Gasteiger charge is -2.36. The molecule has 3 rings (SSSR count). The molecule has 1 N–H and O–H groups in total. The molecule has 0 bridgehead atoms. The van der Waals surface area contributed by atoms with Crippen molar-refractivity contribution >= 4 is 28.5 Å². The molecule has 8 nitrogen and oxygen atoms in total. The molecule has 150 valence electrons. The molecule has 2 fully saturated rings. The summed E-state index contributed by atoms with van der Waals surface area (Å²) in [5, 5.41) is 4.44. The summed E-state index contributed by atoms with van der Waals surface area (Å²) in [6.07, 6.45) is 3.52. The van der Waals surface area contributed by atoms with Crippen molar-refractivity contribution < 1.29 is 4.79 Å². The lowest BCUT2D eigenvalue weighted by atomic mass is 10.3. The van der Waals surface area contributed by atoms with Crippen molar-refractivity contribution in [2.45, 2.75) is 39.5 Å². The SMILES string of the molecule is CCNC(=NCCCN1CCCC1=O)N1CCN(c2nc(CC)ns2)CC1. The van der Waals surface area contributed by atoms with E-state index in [4.69, 9.17) is 4.99 Å². The Kier molecular flexibility index (Phi) is 7.25. The number of likely N-dealkylation sites (tertiary alicyclic amines) is 1. The van der Waals surface area contributed by atoms with E-state index in [1.807, 2.05) is 4.90 Å². The average Bonchev–Trinajstić information content (AvgIpc) is 3.33. The molecule has 1 aromatic heterocycles. The topological polar surface area (TPSA) is 77.0 Å². The number of hydrogen-bond donors (Lipinski definition) is 1. The highest BCUT2D eigenvalue weighted by Gasteiger charge is 2.22. The van der Waals surface area contributed by atoms with E-state index in [-0.39, 0.29) is 0 Å². The highest BCUT2D eigenvalue weighted by Crippen LogP contribution is 2.19. The van der Waals surface area contributed by atoms with Crippen LogP contribution in [0.15, 0.2) is 4.99 Å². The van der Waals surface area contributed by atoms with Crippen LogP contribution in [-0.4, -0.2) is 83.4 Å². The van der Waals surface area contributed by atoms with Crippen LogP contribution in [-0.2, 0) is 11.2 Å². The second-order valence-electron chi connectivity index (χ2n) is 6.89. The fourth-order valence-electron chi connectivity index (χ4n) is 3.44. The number of aliphatic imine (C=N–C) groups is 1. The molecule has 0 aromatic carbocycles. The van der Waals surface area contributed by atoms with Crippen LogP contribution in [0.4, 0.5) is 5.13 Å². The van der Waals surface area contributed by atoms with E-state index < -0.39 is 0 Å². The molecule has 0 aliphatic carbocycles. The Hall–Kier alpha value is -1.90. The van der Waals surface area contributed by atoms with Crippen molar-refractivity contribution in [3.8, 4) is 0 Å². The molecule has 2 aliphatic heterocycles. The smallest absolute Gasteiger partial charge is 0.222 e. The average molecular weight is 394 g/mol.